The Balaban J connectivity index is 2.63. The molecule has 1 saturated heterocycles. The fourth-order valence-corrected chi connectivity index (χ4v) is 2.57. The predicted octanol–water partition coefficient (Wildman–Crippen LogP) is 2.61. The number of unbranched alkanes of at least 4 members (excludes halogenated alkanes) is 2. The number of aliphatic hydroxyl groups excluding tert-OH is 2. The topological polar surface area (TPSA) is 58.9 Å². The molecule has 4 heteroatoms. The highest BCUT2D eigenvalue weighted by molar-refractivity contribution is 4.90. The maximum Gasteiger partial charge on any atom is 0.164 e. The van der Waals surface area contributed by atoms with E-state index >= 15 is 0 Å². The summed E-state index contributed by atoms with van der Waals surface area (Å²) < 4.78 is 11.6. The van der Waals surface area contributed by atoms with Crippen LogP contribution in [0.4, 0.5) is 0 Å². The Kier molecular flexibility index (Phi) is 6.74. The van der Waals surface area contributed by atoms with Crippen molar-refractivity contribution in [1.82, 2.24) is 0 Å². The van der Waals surface area contributed by atoms with Crippen LogP contribution in [0.15, 0.2) is 0 Å². The van der Waals surface area contributed by atoms with Crippen LogP contribution in [-0.2, 0) is 9.47 Å². The van der Waals surface area contributed by atoms with Gasteiger partial charge in [-0.2, -0.15) is 0 Å². The van der Waals surface area contributed by atoms with Gasteiger partial charge in [-0.1, -0.05) is 39.5 Å². The van der Waals surface area contributed by atoms with Gasteiger partial charge >= 0.3 is 0 Å². The van der Waals surface area contributed by atoms with Gasteiger partial charge in [0, 0.05) is 0 Å². The van der Waals surface area contributed by atoms with Crippen molar-refractivity contribution in [2.75, 3.05) is 0 Å². The molecule has 0 aromatic heterocycles. The third-order valence-corrected chi connectivity index (χ3v) is 3.63. The van der Waals surface area contributed by atoms with Crippen LogP contribution in [0.1, 0.15) is 66.2 Å². The molecule has 0 saturated carbocycles. The van der Waals surface area contributed by atoms with Crippen LogP contribution in [0.3, 0.4) is 0 Å². The molecule has 0 aromatic rings. The molecule has 1 rings (SSSR count). The fraction of sp³-hybridized carbons (Fsp3) is 1.00. The number of aliphatic hydroxyl groups is 2. The van der Waals surface area contributed by atoms with Gasteiger partial charge in [0.05, 0.1) is 12.2 Å². The molecule has 1 aliphatic heterocycles. The van der Waals surface area contributed by atoms with E-state index in [2.05, 4.69) is 13.8 Å². The van der Waals surface area contributed by atoms with Crippen LogP contribution in [0.25, 0.3) is 0 Å². The second-order valence-corrected chi connectivity index (χ2v) is 5.98. The Bertz CT molecular complexity index is 231. The standard InChI is InChI=1S/C15H30O4/c1-5-7-9-11(16)13-14(12(17)10-8-6-2)19-15(3,4)18-13/h11-14,16-17H,5-10H2,1-4H3/t11-,12-,13+,14+/m0/s1. The van der Waals surface area contributed by atoms with E-state index in [0.717, 1.165) is 25.7 Å². The Hall–Kier alpha value is -0.160. The molecule has 0 unspecified atom stereocenters. The Labute approximate surface area is 117 Å². The van der Waals surface area contributed by atoms with Crippen LogP contribution >= 0.6 is 0 Å². The lowest BCUT2D eigenvalue weighted by molar-refractivity contribution is -0.161. The molecule has 114 valence electrons. The minimum absolute atomic E-state index is 0.423. The van der Waals surface area contributed by atoms with Gasteiger partial charge < -0.3 is 19.7 Å². The van der Waals surface area contributed by atoms with Crippen molar-refractivity contribution in [2.45, 2.75) is 96.4 Å². The van der Waals surface area contributed by atoms with Crippen molar-refractivity contribution in [3.05, 3.63) is 0 Å². The average Bonchev–Trinajstić information content (AvgIpc) is 2.69. The molecular formula is C15H30O4. The van der Waals surface area contributed by atoms with Gasteiger partial charge in [-0.25, -0.2) is 0 Å². The quantitative estimate of drug-likeness (QED) is 0.714. The Morgan fingerprint density at radius 2 is 1.26 bits per heavy atom. The highest BCUT2D eigenvalue weighted by atomic mass is 16.8. The molecule has 4 nitrogen and oxygen atoms in total. The Morgan fingerprint density at radius 3 is 1.58 bits per heavy atom. The lowest BCUT2D eigenvalue weighted by Gasteiger charge is -2.25. The van der Waals surface area contributed by atoms with E-state index in [-0.39, 0.29) is 0 Å². The van der Waals surface area contributed by atoms with E-state index in [4.69, 9.17) is 9.47 Å². The smallest absolute Gasteiger partial charge is 0.164 e. The molecule has 4 atom stereocenters. The van der Waals surface area contributed by atoms with Gasteiger partial charge in [0.25, 0.3) is 0 Å². The predicted molar refractivity (Wildman–Crippen MR) is 74.9 cm³/mol. The second-order valence-electron chi connectivity index (χ2n) is 5.98. The zero-order valence-corrected chi connectivity index (χ0v) is 12.8. The highest BCUT2D eigenvalue weighted by Crippen LogP contribution is 2.34. The van der Waals surface area contributed by atoms with Crippen molar-refractivity contribution in [2.24, 2.45) is 0 Å². The first-order valence-electron chi connectivity index (χ1n) is 7.63. The van der Waals surface area contributed by atoms with Crippen LogP contribution < -0.4 is 0 Å². The molecule has 2 N–H and O–H groups in total. The number of rotatable bonds is 8. The molecule has 0 spiro atoms. The minimum atomic E-state index is -0.726. The number of hydrogen-bond acceptors (Lipinski definition) is 4. The summed E-state index contributed by atoms with van der Waals surface area (Å²) in [4.78, 5) is 0. The lowest BCUT2D eigenvalue weighted by Crippen LogP contribution is -2.42. The van der Waals surface area contributed by atoms with E-state index in [1.807, 2.05) is 13.8 Å². The summed E-state index contributed by atoms with van der Waals surface area (Å²) in [6, 6.07) is 0. The molecule has 1 aliphatic rings. The molecule has 19 heavy (non-hydrogen) atoms. The van der Waals surface area contributed by atoms with Crippen molar-refractivity contribution < 1.29 is 19.7 Å². The summed E-state index contributed by atoms with van der Waals surface area (Å²) in [5.74, 6) is -0.726. The van der Waals surface area contributed by atoms with Gasteiger partial charge in [0.1, 0.15) is 12.2 Å². The van der Waals surface area contributed by atoms with Crippen LogP contribution in [0.2, 0.25) is 0 Å². The van der Waals surface area contributed by atoms with E-state index < -0.39 is 30.2 Å². The largest absolute Gasteiger partial charge is 0.390 e. The average molecular weight is 274 g/mol. The summed E-state index contributed by atoms with van der Waals surface area (Å²) in [7, 11) is 0. The van der Waals surface area contributed by atoms with Crippen molar-refractivity contribution in [3.63, 3.8) is 0 Å². The SMILES string of the molecule is CCCC[C@H](O)[C@H]1OC(C)(C)O[C@@H]1[C@@H](O)CCCC. The first-order valence-corrected chi connectivity index (χ1v) is 7.63. The Morgan fingerprint density at radius 1 is 0.895 bits per heavy atom. The molecule has 0 radical (unpaired) electrons. The third kappa shape index (κ3) is 5.03. The van der Waals surface area contributed by atoms with E-state index in [9.17, 15) is 10.2 Å². The van der Waals surface area contributed by atoms with Crippen molar-refractivity contribution in [1.29, 1.82) is 0 Å². The van der Waals surface area contributed by atoms with Gasteiger partial charge in [0.2, 0.25) is 0 Å². The van der Waals surface area contributed by atoms with E-state index in [1.54, 1.807) is 0 Å². The number of hydrogen-bond donors (Lipinski definition) is 2. The summed E-state index contributed by atoms with van der Waals surface area (Å²) in [5.41, 5.74) is 0. The fourth-order valence-electron chi connectivity index (χ4n) is 2.57. The summed E-state index contributed by atoms with van der Waals surface area (Å²) in [6.45, 7) is 7.85. The van der Waals surface area contributed by atoms with Crippen LogP contribution in [0, 0.1) is 0 Å². The normalized spacial score (nSPS) is 29.4. The van der Waals surface area contributed by atoms with Gasteiger partial charge in [-0.3, -0.25) is 0 Å². The zero-order chi connectivity index (χ0) is 14.5. The molecule has 0 aliphatic carbocycles. The summed E-state index contributed by atoms with van der Waals surface area (Å²) >= 11 is 0. The van der Waals surface area contributed by atoms with Crippen LogP contribution in [0.5, 0.6) is 0 Å². The van der Waals surface area contributed by atoms with Gasteiger partial charge in [-0.15, -0.1) is 0 Å². The van der Waals surface area contributed by atoms with Crippen molar-refractivity contribution >= 4 is 0 Å². The zero-order valence-electron chi connectivity index (χ0n) is 12.8. The summed E-state index contributed by atoms with van der Waals surface area (Å²) in [6.07, 6.45) is 3.40. The number of ether oxygens (including phenoxy) is 2. The van der Waals surface area contributed by atoms with E-state index in [1.165, 1.54) is 0 Å². The highest BCUT2D eigenvalue weighted by Gasteiger charge is 2.47. The molecule has 0 bridgehead atoms. The maximum atomic E-state index is 10.2. The lowest BCUT2D eigenvalue weighted by atomic mass is 9.96. The van der Waals surface area contributed by atoms with E-state index in [0.29, 0.717) is 12.8 Å². The van der Waals surface area contributed by atoms with Gasteiger partial charge in [0.15, 0.2) is 5.79 Å². The molecule has 1 heterocycles. The molecular weight excluding hydrogens is 244 g/mol. The van der Waals surface area contributed by atoms with Crippen LogP contribution in [-0.4, -0.2) is 40.4 Å². The monoisotopic (exact) mass is 274 g/mol. The molecule has 1 fully saturated rings. The molecule has 0 aromatic carbocycles. The first-order chi connectivity index (χ1) is 8.91. The maximum absolute atomic E-state index is 10.2. The second kappa shape index (κ2) is 7.58. The van der Waals surface area contributed by atoms with Gasteiger partial charge in [-0.05, 0) is 26.7 Å². The summed E-state index contributed by atoms with van der Waals surface area (Å²) in [5, 5.41) is 20.5. The third-order valence-electron chi connectivity index (χ3n) is 3.63. The molecule has 0 amide bonds. The minimum Gasteiger partial charge on any atom is -0.390 e. The van der Waals surface area contributed by atoms with Crippen molar-refractivity contribution in [3.8, 4) is 0 Å². The first kappa shape index (κ1) is 16.9.